The largest absolute Gasteiger partial charge is 0.494 e. The number of ether oxygens (including phenoxy) is 1. The van der Waals surface area contributed by atoms with Crippen molar-refractivity contribution < 1.29 is 9.53 Å². The summed E-state index contributed by atoms with van der Waals surface area (Å²) in [7, 11) is 1.91. The predicted molar refractivity (Wildman–Crippen MR) is 94.1 cm³/mol. The number of hydrogen-bond donors (Lipinski definition) is 2. The first-order valence-corrected chi connectivity index (χ1v) is 8.19. The second kappa shape index (κ2) is 7.86. The van der Waals surface area contributed by atoms with Crippen LogP contribution in [0, 0.1) is 13.8 Å². The maximum Gasteiger partial charge on any atom is 0.315 e. The van der Waals surface area contributed by atoms with Crippen LogP contribution in [0.3, 0.4) is 0 Å². The lowest BCUT2D eigenvalue weighted by atomic mass is 10.1. The van der Waals surface area contributed by atoms with E-state index >= 15 is 0 Å². The van der Waals surface area contributed by atoms with Gasteiger partial charge in [0.1, 0.15) is 5.75 Å². The first-order valence-electron chi connectivity index (χ1n) is 8.19. The highest BCUT2D eigenvalue weighted by Crippen LogP contribution is 2.21. The zero-order valence-corrected chi connectivity index (χ0v) is 15.0. The summed E-state index contributed by atoms with van der Waals surface area (Å²) in [6.07, 6.45) is 0. The topological polar surface area (TPSA) is 68.2 Å². The van der Waals surface area contributed by atoms with Crippen LogP contribution < -0.4 is 15.4 Å². The molecule has 6 heteroatoms. The SMILES string of the molecule is CCOc1ccccc1CNC(=O)N[C@H](C)c1c(C)nn(C)c1C. The fourth-order valence-corrected chi connectivity index (χ4v) is 2.86. The minimum Gasteiger partial charge on any atom is -0.494 e. The molecule has 130 valence electrons. The first-order chi connectivity index (χ1) is 11.4. The van der Waals surface area contributed by atoms with Crippen molar-refractivity contribution in [1.29, 1.82) is 0 Å². The van der Waals surface area contributed by atoms with Gasteiger partial charge in [0.15, 0.2) is 0 Å². The minimum absolute atomic E-state index is 0.110. The lowest BCUT2D eigenvalue weighted by molar-refractivity contribution is 0.237. The van der Waals surface area contributed by atoms with E-state index in [4.69, 9.17) is 4.74 Å². The van der Waals surface area contributed by atoms with Gasteiger partial charge < -0.3 is 15.4 Å². The molecule has 1 heterocycles. The summed E-state index contributed by atoms with van der Waals surface area (Å²) in [5.74, 6) is 0.798. The fourth-order valence-electron chi connectivity index (χ4n) is 2.86. The van der Waals surface area contributed by atoms with E-state index in [2.05, 4.69) is 15.7 Å². The van der Waals surface area contributed by atoms with Crippen molar-refractivity contribution in [1.82, 2.24) is 20.4 Å². The summed E-state index contributed by atoms with van der Waals surface area (Å²) in [6, 6.07) is 7.39. The van der Waals surface area contributed by atoms with E-state index in [-0.39, 0.29) is 12.1 Å². The second-order valence-electron chi connectivity index (χ2n) is 5.80. The molecule has 24 heavy (non-hydrogen) atoms. The Hall–Kier alpha value is -2.50. The fraction of sp³-hybridized carbons (Fsp3) is 0.444. The van der Waals surface area contributed by atoms with Crippen LogP contribution in [0.5, 0.6) is 5.75 Å². The smallest absolute Gasteiger partial charge is 0.315 e. The Morgan fingerprint density at radius 1 is 1.33 bits per heavy atom. The molecular formula is C18H26N4O2. The number of hydrogen-bond acceptors (Lipinski definition) is 3. The zero-order valence-electron chi connectivity index (χ0n) is 15.0. The molecule has 1 aromatic carbocycles. The standard InChI is InChI=1S/C18H26N4O2/c1-6-24-16-10-8-7-9-15(16)11-19-18(23)20-12(2)17-13(3)21-22(5)14(17)4/h7-10,12H,6,11H2,1-5H3,(H2,19,20,23)/t12-/m1/s1. The van der Waals surface area contributed by atoms with Crippen LogP contribution in [0.4, 0.5) is 4.79 Å². The van der Waals surface area contributed by atoms with Gasteiger partial charge in [0.25, 0.3) is 0 Å². The molecular weight excluding hydrogens is 304 g/mol. The van der Waals surface area contributed by atoms with E-state index in [1.54, 1.807) is 0 Å². The van der Waals surface area contributed by atoms with Crippen LogP contribution >= 0.6 is 0 Å². The molecule has 2 amide bonds. The van der Waals surface area contributed by atoms with E-state index in [9.17, 15) is 4.79 Å². The Morgan fingerprint density at radius 2 is 2.04 bits per heavy atom. The summed E-state index contributed by atoms with van der Waals surface area (Å²) in [6.45, 7) is 8.88. The number of nitrogens with zero attached hydrogens (tertiary/aromatic N) is 2. The number of urea groups is 1. The van der Waals surface area contributed by atoms with Gasteiger partial charge in [0.2, 0.25) is 0 Å². The van der Waals surface area contributed by atoms with Gasteiger partial charge >= 0.3 is 6.03 Å². The lowest BCUT2D eigenvalue weighted by Crippen LogP contribution is -2.37. The predicted octanol–water partition coefficient (Wildman–Crippen LogP) is 3.00. The summed E-state index contributed by atoms with van der Waals surface area (Å²) in [5.41, 5.74) is 4.00. The van der Waals surface area contributed by atoms with Crippen molar-refractivity contribution in [3.63, 3.8) is 0 Å². The van der Waals surface area contributed by atoms with Crippen LogP contribution in [0.25, 0.3) is 0 Å². The molecule has 0 aliphatic heterocycles. The molecule has 0 aliphatic rings. The highest BCUT2D eigenvalue weighted by Gasteiger charge is 2.18. The van der Waals surface area contributed by atoms with Gasteiger partial charge in [0, 0.05) is 30.4 Å². The first kappa shape index (κ1) is 17.8. The minimum atomic E-state index is -0.212. The molecule has 0 saturated heterocycles. The number of nitrogens with one attached hydrogen (secondary N) is 2. The van der Waals surface area contributed by atoms with Crippen LogP contribution in [-0.4, -0.2) is 22.4 Å². The van der Waals surface area contributed by atoms with Gasteiger partial charge in [-0.2, -0.15) is 5.10 Å². The van der Waals surface area contributed by atoms with Crippen molar-refractivity contribution in [2.45, 2.75) is 40.3 Å². The number of amides is 2. The Labute approximate surface area is 143 Å². The van der Waals surface area contributed by atoms with Crippen LogP contribution in [-0.2, 0) is 13.6 Å². The quantitative estimate of drug-likeness (QED) is 0.855. The van der Waals surface area contributed by atoms with E-state index in [1.807, 2.05) is 63.7 Å². The van der Waals surface area contributed by atoms with Crippen LogP contribution in [0.15, 0.2) is 24.3 Å². The van der Waals surface area contributed by atoms with Crippen LogP contribution in [0.1, 0.15) is 42.4 Å². The molecule has 0 bridgehead atoms. The van der Waals surface area contributed by atoms with Crippen molar-refractivity contribution >= 4 is 6.03 Å². The number of rotatable bonds is 6. The number of aryl methyl sites for hydroxylation is 2. The number of carbonyl (C=O) groups excluding carboxylic acids is 1. The van der Waals surface area contributed by atoms with Gasteiger partial charge in [-0.15, -0.1) is 0 Å². The lowest BCUT2D eigenvalue weighted by Gasteiger charge is -2.16. The van der Waals surface area contributed by atoms with Crippen molar-refractivity contribution in [3.05, 3.63) is 46.8 Å². The van der Waals surface area contributed by atoms with E-state index < -0.39 is 0 Å². The summed E-state index contributed by atoms with van der Waals surface area (Å²) >= 11 is 0. The second-order valence-corrected chi connectivity index (χ2v) is 5.80. The molecule has 0 fully saturated rings. The maximum absolute atomic E-state index is 12.2. The highest BCUT2D eigenvalue weighted by molar-refractivity contribution is 5.74. The molecule has 0 radical (unpaired) electrons. The molecule has 2 aromatic rings. The average Bonchev–Trinajstić information content (AvgIpc) is 2.79. The third-order valence-electron chi connectivity index (χ3n) is 4.06. The Morgan fingerprint density at radius 3 is 2.67 bits per heavy atom. The van der Waals surface area contributed by atoms with Gasteiger partial charge in [0.05, 0.1) is 18.3 Å². The van der Waals surface area contributed by atoms with Crippen molar-refractivity contribution in [3.8, 4) is 5.75 Å². The number of benzene rings is 1. The molecule has 0 spiro atoms. The molecule has 2 N–H and O–H groups in total. The third-order valence-corrected chi connectivity index (χ3v) is 4.06. The molecule has 0 unspecified atom stereocenters. The number of carbonyl (C=O) groups is 1. The van der Waals surface area contributed by atoms with Crippen molar-refractivity contribution in [2.24, 2.45) is 7.05 Å². The van der Waals surface area contributed by atoms with E-state index in [1.165, 1.54) is 0 Å². The summed E-state index contributed by atoms with van der Waals surface area (Å²) in [5, 5.41) is 10.2. The maximum atomic E-state index is 12.2. The molecule has 1 atom stereocenters. The van der Waals surface area contributed by atoms with E-state index in [0.717, 1.165) is 28.3 Å². The molecule has 0 saturated carbocycles. The molecule has 2 rings (SSSR count). The van der Waals surface area contributed by atoms with Crippen molar-refractivity contribution in [2.75, 3.05) is 6.61 Å². The Kier molecular flexibility index (Phi) is 5.84. The van der Waals surface area contributed by atoms with Crippen LogP contribution in [0.2, 0.25) is 0 Å². The Bertz CT molecular complexity index is 709. The Balaban J connectivity index is 1.96. The molecule has 6 nitrogen and oxygen atoms in total. The zero-order chi connectivity index (χ0) is 17.7. The summed E-state index contributed by atoms with van der Waals surface area (Å²) < 4.78 is 7.40. The molecule has 1 aromatic heterocycles. The van der Waals surface area contributed by atoms with Gasteiger partial charge in [-0.05, 0) is 33.8 Å². The van der Waals surface area contributed by atoms with E-state index in [0.29, 0.717) is 13.2 Å². The summed E-state index contributed by atoms with van der Waals surface area (Å²) in [4.78, 5) is 12.2. The van der Waals surface area contributed by atoms with Gasteiger partial charge in [-0.25, -0.2) is 4.79 Å². The van der Waals surface area contributed by atoms with Gasteiger partial charge in [-0.1, -0.05) is 18.2 Å². The normalized spacial score (nSPS) is 11.9. The number of aromatic nitrogens is 2. The average molecular weight is 330 g/mol. The molecule has 0 aliphatic carbocycles. The third kappa shape index (κ3) is 4.07. The highest BCUT2D eigenvalue weighted by atomic mass is 16.5. The number of para-hydroxylation sites is 1. The van der Waals surface area contributed by atoms with Gasteiger partial charge in [-0.3, -0.25) is 4.68 Å². The monoisotopic (exact) mass is 330 g/mol.